The van der Waals surface area contributed by atoms with Gasteiger partial charge in [-0.2, -0.15) is 0 Å². The molecule has 0 aliphatic rings. The number of hydrogen-bond acceptors (Lipinski definition) is 4. The van der Waals surface area contributed by atoms with Gasteiger partial charge in [0.2, 0.25) is 5.91 Å². The first kappa shape index (κ1) is 19.2. The maximum atomic E-state index is 12.5. The fourth-order valence-electron chi connectivity index (χ4n) is 2.99. The van der Waals surface area contributed by atoms with Gasteiger partial charge in [0.15, 0.2) is 0 Å². The Kier molecular flexibility index (Phi) is 6.01. The minimum atomic E-state index is -0.0716. The fraction of sp³-hybridized carbons (Fsp3) is 0.273. The average Bonchev–Trinajstić information content (AvgIpc) is 2.66. The highest BCUT2D eigenvalue weighted by atomic mass is 32.2. The standard InChI is InChI=1S/C22H24N2O2S/c1-5-16-12-17-8-6-7-15(3)21(17)24-22(16)27-13-20(25)23-18-11-14(2)9-10-19(18)26-4/h6-12H,5,13H2,1-4H3,(H,23,25). The van der Waals surface area contributed by atoms with Crippen molar-refractivity contribution in [1.29, 1.82) is 0 Å². The zero-order valence-electron chi connectivity index (χ0n) is 16.1. The van der Waals surface area contributed by atoms with Crippen LogP contribution < -0.4 is 10.1 Å². The van der Waals surface area contributed by atoms with Crippen LogP contribution in [0.3, 0.4) is 0 Å². The predicted octanol–water partition coefficient (Wildman–Crippen LogP) is 5.15. The van der Waals surface area contributed by atoms with Crippen molar-refractivity contribution in [2.75, 3.05) is 18.2 Å². The normalized spacial score (nSPS) is 10.8. The molecule has 1 N–H and O–H groups in total. The number of aromatic nitrogens is 1. The number of nitrogens with one attached hydrogen (secondary N) is 1. The van der Waals surface area contributed by atoms with Crippen LogP contribution in [0.25, 0.3) is 10.9 Å². The molecule has 0 bridgehead atoms. The zero-order valence-corrected chi connectivity index (χ0v) is 16.9. The molecule has 0 saturated carbocycles. The number of anilines is 1. The first-order valence-electron chi connectivity index (χ1n) is 8.98. The fourth-order valence-corrected chi connectivity index (χ4v) is 3.88. The summed E-state index contributed by atoms with van der Waals surface area (Å²) in [7, 11) is 1.60. The molecule has 1 heterocycles. The number of amides is 1. The number of rotatable bonds is 6. The summed E-state index contributed by atoms with van der Waals surface area (Å²) in [4.78, 5) is 17.3. The molecule has 4 nitrogen and oxygen atoms in total. The van der Waals surface area contributed by atoms with Crippen molar-refractivity contribution in [3.05, 3.63) is 59.2 Å². The van der Waals surface area contributed by atoms with Gasteiger partial charge in [-0.3, -0.25) is 4.79 Å². The lowest BCUT2D eigenvalue weighted by Crippen LogP contribution is -2.15. The van der Waals surface area contributed by atoms with Crippen LogP contribution in [0.1, 0.15) is 23.6 Å². The second kappa shape index (κ2) is 8.44. The third-order valence-electron chi connectivity index (χ3n) is 4.44. The lowest BCUT2D eigenvalue weighted by molar-refractivity contribution is -0.113. The summed E-state index contributed by atoms with van der Waals surface area (Å²) in [6.45, 7) is 6.16. The smallest absolute Gasteiger partial charge is 0.234 e. The van der Waals surface area contributed by atoms with Crippen LogP contribution in [0.4, 0.5) is 5.69 Å². The highest BCUT2D eigenvalue weighted by Crippen LogP contribution is 2.28. The Bertz CT molecular complexity index is 985. The summed E-state index contributed by atoms with van der Waals surface area (Å²) < 4.78 is 5.33. The summed E-state index contributed by atoms with van der Waals surface area (Å²) in [5.41, 5.74) is 5.07. The molecule has 3 aromatic rings. The number of thioether (sulfide) groups is 1. The van der Waals surface area contributed by atoms with E-state index in [4.69, 9.17) is 9.72 Å². The number of carbonyl (C=O) groups excluding carboxylic acids is 1. The molecule has 3 rings (SSSR count). The Morgan fingerprint density at radius 2 is 2.00 bits per heavy atom. The highest BCUT2D eigenvalue weighted by molar-refractivity contribution is 8.00. The van der Waals surface area contributed by atoms with Crippen molar-refractivity contribution in [1.82, 2.24) is 4.98 Å². The van der Waals surface area contributed by atoms with Gasteiger partial charge in [-0.25, -0.2) is 4.98 Å². The highest BCUT2D eigenvalue weighted by Gasteiger charge is 2.12. The predicted molar refractivity (Wildman–Crippen MR) is 113 cm³/mol. The Hall–Kier alpha value is -2.53. The topological polar surface area (TPSA) is 51.2 Å². The first-order chi connectivity index (χ1) is 13.0. The molecule has 0 aliphatic carbocycles. The number of carbonyl (C=O) groups is 1. The van der Waals surface area contributed by atoms with E-state index in [0.717, 1.165) is 33.5 Å². The van der Waals surface area contributed by atoms with Gasteiger partial charge in [-0.1, -0.05) is 43.0 Å². The molecule has 0 fully saturated rings. The molecular weight excluding hydrogens is 356 g/mol. The molecule has 2 aromatic carbocycles. The number of aryl methyl sites for hydroxylation is 3. The molecule has 0 spiro atoms. The monoisotopic (exact) mass is 380 g/mol. The van der Waals surface area contributed by atoms with Crippen LogP contribution in [0.15, 0.2) is 47.5 Å². The second-order valence-electron chi connectivity index (χ2n) is 6.49. The summed E-state index contributed by atoms with van der Waals surface area (Å²) in [6, 6.07) is 14.1. The number of para-hydroxylation sites is 1. The molecule has 0 radical (unpaired) electrons. The van der Waals surface area contributed by atoms with E-state index in [0.29, 0.717) is 17.2 Å². The van der Waals surface area contributed by atoms with E-state index >= 15 is 0 Å². The average molecular weight is 381 g/mol. The third kappa shape index (κ3) is 4.42. The number of nitrogens with zero attached hydrogens (tertiary/aromatic N) is 1. The minimum Gasteiger partial charge on any atom is -0.495 e. The van der Waals surface area contributed by atoms with E-state index in [1.54, 1.807) is 7.11 Å². The van der Waals surface area contributed by atoms with Gasteiger partial charge in [-0.05, 0) is 55.2 Å². The number of pyridine rings is 1. The molecule has 140 valence electrons. The van der Waals surface area contributed by atoms with E-state index < -0.39 is 0 Å². The maximum absolute atomic E-state index is 12.5. The second-order valence-corrected chi connectivity index (χ2v) is 7.46. The SMILES string of the molecule is CCc1cc2cccc(C)c2nc1SCC(=O)Nc1cc(C)ccc1OC. The summed E-state index contributed by atoms with van der Waals surface area (Å²) in [6.07, 6.45) is 0.881. The lowest BCUT2D eigenvalue weighted by Gasteiger charge is -2.12. The number of ether oxygens (including phenoxy) is 1. The molecule has 5 heteroatoms. The Labute approximate surface area is 164 Å². The van der Waals surface area contributed by atoms with Crippen molar-refractivity contribution in [2.24, 2.45) is 0 Å². The largest absolute Gasteiger partial charge is 0.495 e. The Morgan fingerprint density at radius 1 is 1.19 bits per heavy atom. The molecule has 0 unspecified atom stereocenters. The van der Waals surface area contributed by atoms with Gasteiger partial charge in [0.05, 0.1) is 24.1 Å². The molecule has 27 heavy (non-hydrogen) atoms. The van der Waals surface area contributed by atoms with Gasteiger partial charge in [-0.15, -0.1) is 0 Å². The van der Waals surface area contributed by atoms with Crippen LogP contribution in [0, 0.1) is 13.8 Å². The van der Waals surface area contributed by atoms with Crippen molar-refractivity contribution in [2.45, 2.75) is 32.2 Å². The number of methoxy groups -OCH3 is 1. The van der Waals surface area contributed by atoms with E-state index in [1.165, 1.54) is 17.3 Å². The molecule has 0 atom stereocenters. The van der Waals surface area contributed by atoms with Crippen molar-refractivity contribution in [3.8, 4) is 5.75 Å². The van der Waals surface area contributed by atoms with Crippen LogP contribution in [0.5, 0.6) is 5.75 Å². The zero-order chi connectivity index (χ0) is 19.4. The minimum absolute atomic E-state index is 0.0716. The number of hydrogen-bond donors (Lipinski definition) is 1. The van der Waals surface area contributed by atoms with Crippen molar-refractivity contribution < 1.29 is 9.53 Å². The molecule has 0 aliphatic heterocycles. The van der Waals surface area contributed by atoms with Gasteiger partial charge in [0.1, 0.15) is 10.8 Å². The van der Waals surface area contributed by atoms with Crippen LogP contribution in [-0.2, 0) is 11.2 Å². The van der Waals surface area contributed by atoms with Crippen molar-refractivity contribution >= 4 is 34.3 Å². The lowest BCUT2D eigenvalue weighted by atomic mass is 10.1. The van der Waals surface area contributed by atoms with Gasteiger partial charge >= 0.3 is 0 Å². The molecule has 1 aromatic heterocycles. The van der Waals surface area contributed by atoms with Crippen LogP contribution in [0.2, 0.25) is 0 Å². The molecule has 1 amide bonds. The molecular formula is C22H24N2O2S. The number of fused-ring (bicyclic) bond motifs is 1. The Balaban J connectivity index is 1.77. The molecule has 0 saturated heterocycles. The van der Waals surface area contributed by atoms with Gasteiger partial charge in [0.25, 0.3) is 0 Å². The van der Waals surface area contributed by atoms with Gasteiger partial charge in [0, 0.05) is 5.39 Å². The Morgan fingerprint density at radius 3 is 2.74 bits per heavy atom. The van der Waals surface area contributed by atoms with Crippen LogP contribution >= 0.6 is 11.8 Å². The first-order valence-corrected chi connectivity index (χ1v) is 9.97. The quantitative estimate of drug-likeness (QED) is 0.601. The number of benzene rings is 2. The summed E-state index contributed by atoms with van der Waals surface area (Å²) in [5.74, 6) is 0.888. The third-order valence-corrected chi connectivity index (χ3v) is 5.47. The summed E-state index contributed by atoms with van der Waals surface area (Å²) >= 11 is 1.48. The van der Waals surface area contributed by atoms with E-state index in [1.807, 2.05) is 31.2 Å². The summed E-state index contributed by atoms with van der Waals surface area (Å²) in [5, 5.41) is 5.01. The van der Waals surface area contributed by atoms with E-state index in [9.17, 15) is 4.79 Å². The van der Waals surface area contributed by atoms with Gasteiger partial charge < -0.3 is 10.1 Å². The van der Waals surface area contributed by atoms with Crippen LogP contribution in [-0.4, -0.2) is 23.8 Å². The maximum Gasteiger partial charge on any atom is 0.234 e. The van der Waals surface area contributed by atoms with Crippen molar-refractivity contribution in [3.63, 3.8) is 0 Å². The van der Waals surface area contributed by atoms with E-state index in [2.05, 4.69) is 37.4 Å². The van der Waals surface area contributed by atoms with E-state index in [-0.39, 0.29) is 5.91 Å².